The number of carbonyl (C=O) groups excluding carboxylic acids is 2. The van der Waals surface area contributed by atoms with Crippen molar-refractivity contribution < 1.29 is 59.2 Å². The second-order valence-electron chi connectivity index (χ2n) is 9.75. The highest BCUT2D eigenvalue weighted by atomic mass is 16.8. The summed E-state index contributed by atoms with van der Waals surface area (Å²) < 4.78 is 21.9. The first-order valence-corrected chi connectivity index (χ1v) is 12.6. The molecule has 0 aliphatic carbocycles. The fourth-order valence-electron chi connectivity index (χ4n) is 5.33. The summed E-state index contributed by atoms with van der Waals surface area (Å²) in [7, 11) is 1.18. The number of aromatic hydroxyl groups is 2. The van der Waals surface area contributed by atoms with Crippen molar-refractivity contribution in [2.75, 3.05) is 13.7 Å². The molecule has 3 heterocycles. The van der Waals surface area contributed by atoms with Crippen LogP contribution in [0.2, 0.25) is 0 Å². The van der Waals surface area contributed by atoms with E-state index >= 15 is 0 Å². The number of nitrogens with zero attached hydrogens (tertiary/aromatic N) is 1. The highest BCUT2D eigenvalue weighted by molar-refractivity contribution is 5.89. The van der Waals surface area contributed by atoms with Crippen LogP contribution in [-0.2, 0) is 28.5 Å². The molecular formula is C27H33NO12. The third-order valence-corrected chi connectivity index (χ3v) is 7.47. The van der Waals surface area contributed by atoms with Gasteiger partial charge in [0.05, 0.1) is 31.6 Å². The van der Waals surface area contributed by atoms with Gasteiger partial charge in [0.15, 0.2) is 17.8 Å². The third-order valence-electron chi connectivity index (χ3n) is 7.47. The average Bonchev–Trinajstić information content (AvgIpc) is 2.94. The SMILES string of the molecule is C=CC1C(OC2OC(CO)C(O)C(O)C2O)OC=C(C(=O)OC)C1CC1c2c(ccc(O)c2O)C=CN1C(C)=O. The molecule has 0 saturated carbocycles. The predicted octanol–water partition coefficient (Wildman–Crippen LogP) is 0.00990. The smallest absolute Gasteiger partial charge is 0.337 e. The van der Waals surface area contributed by atoms with Crippen LogP contribution < -0.4 is 0 Å². The maximum atomic E-state index is 12.8. The van der Waals surface area contributed by atoms with E-state index in [4.69, 9.17) is 18.9 Å². The van der Waals surface area contributed by atoms with E-state index in [-0.39, 0.29) is 29.2 Å². The molecule has 13 heteroatoms. The van der Waals surface area contributed by atoms with E-state index in [9.17, 15) is 40.2 Å². The van der Waals surface area contributed by atoms with Crippen molar-refractivity contribution in [3.63, 3.8) is 0 Å². The van der Waals surface area contributed by atoms with Crippen molar-refractivity contribution in [3.8, 4) is 11.5 Å². The van der Waals surface area contributed by atoms with Crippen molar-refractivity contribution in [1.82, 2.24) is 4.90 Å². The summed E-state index contributed by atoms with van der Waals surface area (Å²) in [6.45, 7) is 4.51. The highest BCUT2D eigenvalue weighted by Crippen LogP contribution is 2.47. The Morgan fingerprint density at radius 1 is 1.12 bits per heavy atom. The molecule has 9 atom stereocenters. The molecule has 3 aliphatic rings. The van der Waals surface area contributed by atoms with Gasteiger partial charge in [-0.1, -0.05) is 12.1 Å². The molecule has 6 N–H and O–H groups in total. The lowest BCUT2D eigenvalue weighted by atomic mass is 9.77. The van der Waals surface area contributed by atoms with Crippen molar-refractivity contribution in [2.45, 2.75) is 56.4 Å². The maximum Gasteiger partial charge on any atom is 0.337 e. The van der Waals surface area contributed by atoms with Crippen LogP contribution in [0.4, 0.5) is 0 Å². The number of methoxy groups -OCH3 is 1. The third kappa shape index (κ3) is 5.31. The molecule has 218 valence electrons. The fraction of sp³-hybridized carbons (Fsp3) is 0.481. The predicted molar refractivity (Wildman–Crippen MR) is 136 cm³/mol. The lowest BCUT2D eigenvalue weighted by molar-refractivity contribution is -0.339. The monoisotopic (exact) mass is 563 g/mol. The molecule has 13 nitrogen and oxygen atoms in total. The van der Waals surface area contributed by atoms with E-state index in [1.807, 2.05) is 0 Å². The van der Waals surface area contributed by atoms with Crippen LogP contribution in [0, 0.1) is 11.8 Å². The van der Waals surface area contributed by atoms with Crippen LogP contribution in [0.5, 0.6) is 11.5 Å². The van der Waals surface area contributed by atoms with E-state index in [2.05, 4.69) is 6.58 Å². The molecule has 0 bridgehead atoms. The lowest BCUT2D eigenvalue weighted by Crippen LogP contribution is -2.60. The van der Waals surface area contributed by atoms with Gasteiger partial charge in [-0.3, -0.25) is 4.79 Å². The van der Waals surface area contributed by atoms with Crippen molar-refractivity contribution in [1.29, 1.82) is 0 Å². The maximum absolute atomic E-state index is 12.8. The summed E-state index contributed by atoms with van der Waals surface area (Å²) in [5, 5.41) is 61.2. The van der Waals surface area contributed by atoms with Gasteiger partial charge in [-0.2, -0.15) is 0 Å². The summed E-state index contributed by atoms with van der Waals surface area (Å²) in [4.78, 5) is 26.8. The Labute approximate surface area is 229 Å². The Bertz CT molecular complexity index is 1200. The van der Waals surface area contributed by atoms with E-state index in [0.29, 0.717) is 5.56 Å². The van der Waals surface area contributed by atoms with Gasteiger partial charge >= 0.3 is 5.97 Å². The number of carbonyl (C=O) groups is 2. The zero-order chi connectivity index (χ0) is 29.3. The Balaban J connectivity index is 1.71. The van der Waals surface area contributed by atoms with Crippen molar-refractivity contribution in [2.24, 2.45) is 11.8 Å². The van der Waals surface area contributed by atoms with Gasteiger partial charge in [0.1, 0.15) is 24.4 Å². The summed E-state index contributed by atoms with van der Waals surface area (Å²) in [5.74, 6) is -3.55. The van der Waals surface area contributed by atoms with Gasteiger partial charge in [0.25, 0.3) is 0 Å². The lowest BCUT2D eigenvalue weighted by Gasteiger charge is -2.44. The normalized spacial score (nSPS) is 33.4. The molecule has 1 aromatic carbocycles. The number of hydrogen-bond donors (Lipinski definition) is 6. The number of ether oxygens (including phenoxy) is 4. The van der Waals surface area contributed by atoms with Gasteiger partial charge in [0.2, 0.25) is 12.2 Å². The number of phenolic OH excluding ortho intramolecular Hbond substituents is 2. The molecule has 1 aromatic rings. The second kappa shape index (κ2) is 12.0. The Morgan fingerprint density at radius 2 is 1.85 bits per heavy atom. The number of amides is 1. The average molecular weight is 564 g/mol. The van der Waals surface area contributed by atoms with Gasteiger partial charge in [-0.25, -0.2) is 4.79 Å². The highest BCUT2D eigenvalue weighted by Gasteiger charge is 2.48. The molecule has 40 heavy (non-hydrogen) atoms. The first kappa shape index (κ1) is 29.5. The topological polar surface area (TPSA) is 196 Å². The van der Waals surface area contributed by atoms with Crippen molar-refractivity contribution in [3.05, 3.63) is 53.9 Å². The minimum Gasteiger partial charge on any atom is -0.504 e. The standard InChI is InChI=1S/C27H33NO12/c1-4-14-15(9-17-20-13(5-6-18(31)21(20)32)7-8-28(17)12(2)30)16(25(36)37-3)11-38-26(14)40-27-24(35)23(34)22(33)19(10-29)39-27/h4-8,11,14-15,17,19,22-24,26-27,29,31-35H,1,9-10H2,2-3H3. The summed E-state index contributed by atoms with van der Waals surface area (Å²) in [6, 6.07) is 2.06. The van der Waals surface area contributed by atoms with Crippen LogP contribution in [0.25, 0.3) is 6.08 Å². The van der Waals surface area contributed by atoms with Gasteiger partial charge in [-0.05, 0) is 24.1 Å². The van der Waals surface area contributed by atoms with Crippen LogP contribution in [0.1, 0.15) is 30.5 Å². The van der Waals surface area contributed by atoms with Gasteiger partial charge in [0, 0.05) is 30.5 Å². The molecule has 9 unspecified atom stereocenters. The largest absolute Gasteiger partial charge is 0.504 e. The zero-order valence-electron chi connectivity index (χ0n) is 21.9. The molecule has 1 fully saturated rings. The minimum atomic E-state index is -1.71. The number of hydrogen-bond acceptors (Lipinski definition) is 12. The Morgan fingerprint density at radius 3 is 2.48 bits per heavy atom. The van der Waals surface area contributed by atoms with E-state index in [1.54, 1.807) is 12.1 Å². The first-order valence-electron chi connectivity index (χ1n) is 12.6. The number of benzene rings is 1. The molecular weight excluding hydrogens is 530 g/mol. The quantitative estimate of drug-likeness (QED) is 0.148. The summed E-state index contributed by atoms with van der Waals surface area (Å²) in [5.41, 5.74) is 0.889. The molecule has 0 aromatic heterocycles. The number of fused-ring (bicyclic) bond motifs is 1. The number of phenols is 2. The molecule has 3 aliphatic heterocycles. The first-order chi connectivity index (χ1) is 19.0. The van der Waals surface area contributed by atoms with Crippen LogP contribution >= 0.6 is 0 Å². The molecule has 1 amide bonds. The fourth-order valence-corrected chi connectivity index (χ4v) is 5.33. The Kier molecular flexibility index (Phi) is 8.83. The second-order valence-corrected chi connectivity index (χ2v) is 9.75. The van der Waals surface area contributed by atoms with E-state index in [1.165, 1.54) is 37.3 Å². The van der Waals surface area contributed by atoms with Crippen LogP contribution in [-0.4, -0.2) is 98.1 Å². The summed E-state index contributed by atoms with van der Waals surface area (Å²) >= 11 is 0. The molecule has 4 rings (SSSR count). The number of aliphatic hydroxyl groups is 4. The van der Waals surface area contributed by atoms with Crippen LogP contribution in [0.3, 0.4) is 0 Å². The van der Waals surface area contributed by atoms with Gasteiger partial charge < -0.3 is 54.5 Å². The van der Waals surface area contributed by atoms with E-state index < -0.39 is 73.2 Å². The zero-order valence-corrected chi connectivity index (χ0v) is 21.9. The minimum absolute atomic E-state index is 0.00343. The Hall–Kier alpha value is -3.46. The van der Waals surface area contributed by atoms with Crippen molar-refractivity contribution >= 4 is 18.0 Å². The number of rotatable bonds is 7. The molecule has 0 radical (unpaired) electrons. The van der Waals surface area contributed by atoms with Gasteiger partial charge in [-0.15, -0.1) is 6.58 Å². The summed E-state index contributed by atoms with van der Waals surface area (Å²) in [6.07, 6.45) is -3.29. The van der Waals surface area contributed by atoms with E-state index in [0.717, 1.165) is 6.26 Å². The van der Waals surface area contributed by atoms with Crippen LogP contribution in [0.15, 0.2) is 42.8 Å². The number of esters is 1. The molecule has 1 saturated heterocycles. The number of aliphatic hydroxyl groups excluding tert-OH is 4. The molecule has 0 spiro atoms.